The Labute approximate surface area is 95.4 Å². The highest BCUT2D eigenvalue weighted by Gasteiger charge is 2.00. The average Bonchev–Trinajstić information content (AvgIpc) is 1.85. The first-order valence-corrected chi connectivity index (χ1v) is 4.90. The number of nitrogens with two attached hydrogens (primary N) is 1. The first-order valence-electron chi connectivity index (χ1n) is 3.31. The van der Waals surface area contributed by atoms with Crippen molar-refractivity contribution in [3.63, 3.8) is 0 Å². The molecule has 68 valence electrons. The first kappa shape index (κ1) is 12.4. The monoisotopic (exact) mass is 313 g/mol. The van der Waals surface area contributed by atoms with Crippen LogP contribution in [0.15, 0.2) is 27.1 Å². The Morgan fingerprint density at radius 2 is 1.58 bits per heavy atom. The van der Waals surface area contributed by atoms with Gasteiger partial charge in [0.15, 0.2) is 0 Å². The maximum absolute atomic E-state index is 5.71. The van der Waals surface area contributed by atoms with Crippen LogP contribution in [0.5, 0.6) is 0 Å². The second-order valence-electron chi connectivity index (χ2n) is 2.49. The summed E-state index contributed by atoms with van der Waals surface area (Å²) in [5, 5.41) is 0. The summed E-state index contributed by atoms with van der Waals surface area (Å²) in [7, 11) is 0. The lowest BCUT2D eigenvalue weighted by molar-refractivity contribution is 0.816. The number of hydrogen-bond donors (Lipinski definition) is 1. The van der Waals surface area contributed by atoms with Crippen molar-refractivity contribution in [2.75, 3.05) is 0 Å². The summed E-state index contributed by atoms with van der Waals surface area (Å²) in [6.07, 6.45) is 0. The highest BCUT2D eigenvalue weighted by molar-refractivity contribution is 9.11. The summed E-state index contributed by atoms with van der Waals surface area (Å²) >= 11 is 6.79. The largest absolute Gasteiger partial charge is 0.324 e. The van der Waals surface area contributed by atoms with Crippen LogP contribution >= 0.6 is 44.3 Å². The molecule has 1 atom stereocenters. The van der Waals surface area contributed by atoms with Crippen LogP contribution < -0.4 is 5.73 Å². The summed E-state index contributed by atoms with van der Waals surface area (Å²) in [4.78, 5) is 0. The molecule has 0 heterocycles. The van der Waals surface area contributed by atoms with Gasteiger partial charge < -0.3 is 5.73 Å². The average molecular weight is 315 g/mol. The Balaban J connectivity index is 0.00000121. The molecule has 0 aromatic heterocycles. The highest BCUT2D eigenvalue weighted by Crippen LogP contribution is 2.22. The molecule has 0 aliphatic rings. The minimum absolute atomic E-state index is 0. The fourth-order valence-corrected chi connectivity index (χ4v) is 2.17. The Morgan fingerprint density at radius 3 is 1.92 bits per heavy atom. The van der Waals surface area contributed by atoms with Crippen molar-refractivity contribution in [1.82, 2.24) is 0 Å². The van der Waals surface area contributed by atoms with E-state index in [0.717, 1.165) is 14.5 Å². The maximum atomic E-state index is 5.71. The van der Waals surface area contributed by atoms with Gasteiger partial charge >= 0.3 is 0 Å². The molecular formula is C8H10Br2ClN. The van der Waals surface area contributed by atoms with Gasteiger partial charge in [0, 0.05) is 15.0 Å². The third kappa shape index (κ3) is 3.44. The van der Waals surface area contributed by atoms with E-state index in [4.69, 9.17) is 5.73 Å². The Hall–Kier alpha value is 0.430. The molecule has 12 heavy (non-hydrogen) atoms. The van der Waals surface area contributed by atoms with Crippen molar-refractivity contribution < 1.29 is 0 Å². The van der Waals surface area contributed by atoms with E-state index >= 15 is 0 Å². The predicted octanol–water partition coefficient (Wildman–Crippen LogP) is 3.65. The second kappa shape index (κ2) is 5.22. The minimum Gasteiger partial charge on any atom is -0.324 e. The van der Waals surface area contributed by atoms with Crippen LogP contribution in [0.4, 0.5) is 0 Å². The van der Waals surface area contributed by atoms with E-state index in [-0.39, 0.29) is 18.4 Å². The Kier molecular flexibility index (Phi) is 5.41. The van der Waals surface area contributed by atoms with Gasteiger partial charge in [-0.15, -0.1) is 12.4 Å². The van der Waals surface area contributed by atoms with Crippen molar-refractivity contribution in [3.8, 4) is 0 Å². The van der Waals surface area contributed by atoms with Gasteiger partial charge in [-0.05, 0) is 30.7 Å². The van der Waals surface area contributed by atoms with E-state index in [1.165, 1.54) is 0 Å². The second-order valence-corrected chi connectivity index (χ2v) is 4.32. The fourth-order valence-electron chi connectivity index (χ4n) is 0.838. The molecule has 0 amide bonds. The van der Waals surface area contributed by atoms with Crippen molar-refractivity contribution in [2.24, 2.45) is 5.73 Å². The van der Waals surface area contributed by atoms with Gasteiger partial charge in [0.1, 0.15) is 0 Å². The molecular weight excluding hydrogens is 305 g/mol. The zero-order valence-corrected chi connectivity index (χ0v) is 10.5. The van der Waals surface area contributed by atoms with E-state index in [2.05, 4.69) is 31.9 Å². The van der Waals surface area contributed by atoms with Gasteiger partial charge in [0.25, 0.3) is 0 Å². The highest BCUT2D eigenvalue weighted by atomic mass is 79.9. The molecule has 0 aliphatic heterocycles. The van der Waals surface area contributed by atoms with Gasteiger partial charge in [-0.3, -0.25) is 0 Å². The first-order chi connectivity index (χ1) is 5.09. The quantitative estimate of drug-likeness (QED) is 0.841. The number of rotatable bonds is 1. The molecule has 1 rings (SSSR count). The van der Waals surface area contributed by atoms with E-state index in [9.17, 15) is 0 Å². The fraction of sp³-hybridized carbons (Fsp3) is 0.250. The van der Waals surface area contributed by atoms with E-state index in [0.29, 0.717) is 0 Å². The van der Waals surface area contributed by atoms with Crippen LogP contribution in [0.2, 0.25) is 0 Å². The summed E-state index contributed by atoms with van der Waals surface area (Å²) in [5.74, 6) is 0. The van der Waals surface area contributed by atoms with Gasteiger partial charge in [-0.25, -0.2) is 0 Å². The van der Waals surface area contributed by atoms with Crippen molar-refractivity contribution in [2.45, 2.75) is 13.0 Å². The van der Waals surface area contributed by atoms with E-state index in [1.54, 1.807) is 0 Å². The normalized spacial score (nSPS) is 12.0. The van der Waals surface area contributed by atoms with E-state index in [1.807, 2.05) is 25.1 Å². The van der Waals surface area contributed by atoms with Crippen LogP contribution in [-0.4, -0.2) is 0 Å². The number of benzene rings is 1. The molecule has 0 saturated carbocycles. The van der Waals surface area contributed by atoms with Crippen LogP contribution in [0.25, 0.3) is 0 Å². The molecule has 0 bridgehead atoms. The van der Waals surface area contributed by atoms with Crippen LogP contribution in [-0.2, 0) is 0 Å². The van der Waals surface area contributed by atoms with Crippen LogP contribution in [0, 0.1) is 0 Å². The predicted molar refractivity (Wildman–Crippen MR) is 61.7 cm³/mol. The lowest BCUT2D eigenvalue weighted by Gasteiger charge is -2.06. The van der Waals surface area contributed by atoms with Crippen molar-refractivity contribution in [1.29, 1.82) is 0 Å². The van der Waals surface area contributed by atoms with Gasteiger partial charge in [0.2, 0.25) is 0 Å². The SMILES string of the molecule is C[C@@H](N)c1cc(Br)cc(Br)c1.Cl. The lowest BCUT2D eigenvalue weighted by Crippen LogP contribution is -2.04. The molecule has 0 fully saturated rings. The summed E-state index contributed by atoms with van der Waals surface area (Å²) in [6, 6.07) is 6.13. The van der Waals surface area contributed by atoms with Gasteiger partial charge in [0.05, 0.1) is 0 Å². The van der Waals surface area contributed by atoms with E-state index < -0.39 is 0 Å². The molecule has 1 nitrogen and oxygen atoms in total. The summed E-state index contributed by atoms with van der Waals surface area (Å²) < 4.78 is 2.11. The zero-order valence-electron chi connectivity index (χ0n) is 6.55. The van der Waals surface area contributed by atoms with Crippen LogP contribution in [0.1, 0.15) is 18.5 Å². The molecule has 0 saturated heterocycles. The van der Waals surface area contributed by atoms with Gasteiger partial charge in [-0.1, -0.05) is 31.9 Å². The number of halogens is 3. The van der Waals surface area contributed by atoms with Crippen molar-refractivity contribution >= 4 is 44.3 Å². The maximum Gasteiger partial charge on any atom is 0.0266 e. The topological polar surface area (TPSA) is 26.0 Å². The Bertz CT molecular complexity index is 243. The summed E-state index contributed by atoms with van der Waals surface area (Å²) in [6.45, 7) is 1.97. The van der Waals surface area contributed by atoms with Gasteiger partial charge in [-0.2, -0.15) is 0 Å². The molecule has 4 heteroatoms. The molecule has 0 spiro atoms. The van der Waals surface area contributed by atoms with Crippen LogP contribution in [0.3, 0.4) is 0 Å². The molecule has 0 unspecified atom stereocenters. The lowest BCUT2D eigenvalue weighted by atomic mass is 10.1. The standard InChI is InChI=1S/C8H9Br2N.ClH/c1-5(11)6-2-7(9)4-8(10)3-6;/h2-5H,11H2,1H3;1H/t5-;/m1./s1. The molecule has 2 N–H and O–H groups in total. The molecule has 1 aromatic rings. The zero-order chi connectivity index (χ0) is 8.43. The third-order valence-corrected chi connectivity index (χ3v) is 2.33. The smallest absolute Gasteiger partial charge is 0.0266 e. The minimum atomic E-state index is 0. The molecule has 1 aromatic carbocycles. The number of hydrogen-bond acceptors (Lipinski definition) is 1. The van der Waals surface area contributed by atoms with Crippen molar-refractivity contribution in [3.05, 3.63) is 32.7 Å². The molecule has 0 radical (unpaired) electrons. The molecule has 0 aliphatic carbocycles. The summed E-state index contributed by atoms with van der Waals surface area (Å²) in [5.41, 5.74) is 6.84. The third-order valence-electron chi connectivity index (χ3n) is 1.41. The Morgan fingerprint density at radius 1 is 1.17 bits per heavy atom.